The zero-order valence-corrected chi connectivity index (χ0v) is 19.4. The maximum absolute atomic E-state index is 13.0. The first-order chi connectivity index (χ1) is 16.6. The summed E-state index contributed by atoms with van der Waals surface area (Å²) in [5.41, 5.74) is 10.0. The number of aryl methyl sites for hydroxylation is 1. The molecule has 6 nitrogen and oxygen atoms in total. The van der Waals surface area contributed by atoms with Crippen molar-refractivity contribution in [1.29, 1.82) is 0 Å². The SMILES string of the molecule is COc1cccc(CCC(N)=NC(=O)c2ccc3c4ccccc4n(C4CCOCC4)c3c2)c1. The molecular formula is C28H29N3O3. The number of benzene rings is 3. The van der Waals surface area contributed by atoms with E-state index in [1.54, 1.807) is 7.11 Å². The lowest BCUT2D eigenvalue weighted by Gasteiger charge is -2.25. The normalized spacial score (nSPS) is 15.1. The van der Waals surface area contributed by atoms with Gasteiger partial charge in [0.2, 0.25) is 0 Å². The third-order valence-corrected chi connectivity index (χ3v) is 6.56. The van der Waals surface area contributed by atoms with Crippen molar-refractivity contribution in [1.82, 2.24) is 4.57 Å². The number of hydrogen-bond acceptors (Lipinski definition) is 3. The third-order valence-electron chi connectivity index (χ3n) is 6.56. The van der Waals surface area contributed by atoms with Gasteiger partial charge in [0.1, 0.15) is 11.6 Å². The van der Waals surface area contributed by atoms with E-state index in [0.29, 0.717) is 30.3 Å². The number of nitrogens with two attached hydrogens (primary N) is 1. The van der Waals surface area contributed by atoms with Gasteiger partial charge in [0.25, 0.3) is 5.91 Å². The Bertz CT molecular complexity index is 1370. The number of aliphatic imine (C=N–C) groups is 1. The van der Waals surface area contributed by atoms with E-state index >= 15 is 0 Å². The molecule has 0 atom stereocenters. The van der Waals surface area contributed by atoms with Gasteiger partial charge >= 0.3 is 0 Å². The highest BCUT2D eigenvalue weighted by Crippen LogP contribution is 2.35. The molecule has 1 aliphatic heterocycles. The molecule has 5 rings (SSSR count). The van der Waals surface area contributed by atoms with Gasteiger partial charge in [0.05, 0.1) is 12.6 Å². The fraction of sp³-hybridized carbons (Fsp3) is 0.286. The highest BCUT2D eigenvalue weighted by atomic mass is 16.5. The first-order valence-electron chi connectivity index (χ1n) is 11.7. The van der Waals surface area contributed by atoms with Crippen molar-refractivity contribution in [3.8, 4) is 5.75 Å². The van der Waals surface area contributed by atoms with Crippen molar-refractivity contribution in [2.24, 2.45) is 10.7 Å². The Balaban J connectivity index is 1.43. The molecule has 1 saturated heterocycles. The van der Waals surface area contributed by atoms with Crippen molar-refractivity contribution < 1.29 is 14.3 Å². The maximum Gasteiger partial charge on any atom is 0.278 e. The summed E-state index contributed by atoms with van der Waals surface area (Å²) < 4.78 is 13.2. The second-order valence-electron chi connectivity index (χ2n) is 8.72. The predicted molar refractivity (Wildman–Crippen MR) is 136 cm³/mol. The predicted octanol–water partition coefficient (Wildman–Crippen LogP) is 5.28. The molecule has 34 heavy (non-hydrogen) atoms. The van der Waals surface area contributed by atoms with Crippen LogP contribution >= 0.6 is 0 Å². The summed E-state index contributed by atoms with van der Waals surface area (Å²) >= 11 is 0. The number of aromatic nitrogens is 1. The van der Waals surface area contributed by atoms with E-state index in [1.807, 2.05) is 42.5 Å². The van der Waals surface area contributed by atoms with Crippen molar-refractivity contribution >= 4 is 33.5 Å². The van der Waals surface area contributed by atoms with Crippen LogP contribution in [0.3, 0.4) is 0 Å². The van der Waals surface area contributed by atoms with Gasteiger partial charge in [-0.2, -0.15) is 4.99 Å². The number of carbonyl (C=O) groups excluding carboxylic acids is 1. The van der Waals surface area contributed by atoms with Crippen LogP contribution in [-0.4, -0.2) is 36.6 Å². The fourth-order valence-electron chi connectivity index (χ4n) is 4.82. The number of carbonyl (C=O) groups is 1. The molecule has 0 bridgehead atoms. The van der Waals surface area contributed by atoms with Gasteiger partial charge in [-0.15, -0.1) is 0 Å². The molecule has 3 aromatic carbocycles. The highest BCUT2D eigenvalue weighted by molar-refractivity contribution is 6.11. The Kier molecular flexibility index (Phi) is 6.32. The van der Waals surface area contributed by atoms with Gasteiger partial charge in [-0.1, -0.05) is 36.4 Å². The molecule has 1 fully saturated rings. The summed E-state index contributed by atoms with van der Waals surface area (Å²) in [6.45, 7) is 1.51. The van der Waals surface area contributed by atoms with Crippen molar-refractivity contribution in [3.63, 3.8) is 0 Å². The topological polar surface area (TPSA) is 78.8 Å². The summed E-state index contributed by atoms with van der Waals surface area (Å²) in [5.74, 6) is 0.823. The summed E-state index contributed by atoms with van der Waals surface area (Å²) in [5, 5.41) is 2.35. The summed E-state index contributed by atoms with van der Waals surface area (Å²) in [4.78, 5) is 17.2. The molecular weight excluding hydrogens is 426 g/mol. The first-order valence-corrected chi connectivity index (χ1v) is 11.7. The standard InChI is InChI=1S/C28H29N3O3/c1-33-22-6-4-5-19(17-22)9-12-27(29)30-28(32)20-10-11-24-23-7-2-3-8-25(23)31(26(24)18-20)21-13-15-34-16-14-21/h2-8,10-11,17-18,21H,9,12-16H2,1H3,(H2,29,30,32). The van der Waals surface area contributed by atoms with E-state index in [1.165, 1.54) is 10.9 Å². The number of nitrogens with zero attached hydrogens (tertiary/aromatic N) is 2. The minimum atomic E-state index is -0.311. The Hall–Kier alpha value is -3.64. The highest BCUT2D eigenvalue weighted by Gasteiger charge is 2.21. The Labute approximate surface area is 199 Å². The summed E-state index contributed by atoms with van der Waals surface area (Å²) in [7, 11) is 1.64. The first kappa shape index (κ1) is 22.2. The number of amidine groups is 1. The minimum Gasteiger partial charge on any atom is -0.497 e. The van der Waals surface area contributed by atoms with Gasteiger partial charge in [0.15, 0.2) is 0 Å². The van der Waals surface area contributed by atoms with Crippen LogP contribution < -0.4 is 10.5 Å². The van der Waals surface area contributed by atoms with Gasteiger partial charge in [-0.05, 0) is 55.2 Å². The lowest BCUT2D eigenvalue weighted by Crippen LogP contribution is -2.19. The Morgan fingerprint density at radius 3 is 2.65 bits per heavy atom. The molecule has 0 radical (unpaired) electrons. The molecule has 0 unspecified atom stereocenters. The number of methoxy groups -OCH3 is 1. The van der Waals surface area contributed by atoms with Crippen LogP contribution in [0, 0.1) is 0 Å². The molecule has 0 saturated carbocycles. The third kappa shape index (κ3) is 4.41. The van der Waals surface area contributed by atoms with E-state index in [-0.39, 0.29) is 5.91 Å². The number of para-hydroxylation sites is 1. The van der Waals surface area contributed by atoms with Gasteiger partial charge < -0.3 is 19.8 Å². The number of hydrogen-bond donors (Lipinski definition) is 1. The molecule has 1 aromatic heterocycles. The van der Waals surface area contributed by atoms with Crippen LogP contribution in [-0.2, 0) is 11.2 Å². The maximum atomic E-state index is 13.0. The van der Waals surface area contributed by atoms with E-state index in [4.69, 9.17) is 15.2 Å². The Morgan fingerprint density at radius 1 is 1.03 bits per heavy atom. The number of amides is 1. The zero-order valence-electron chi connectivity index (χ0n) is 19.4. The van der Waals surface area contributed by atoms with Crippen LogP contribution in [0.2, 0.25) is 0 Å². The van der Waals surface area contributed by atoms with Crippen molar-refractivity contribution in [2.45, 2.75) is 31.7 Å². The molecule has 6 heteroatoms. The van der Waals surface area contributed by atoms with Crippen LogP contribution in [0.5, 0.6) is 5.75 Å². The average Bonchev–Trinajstić information content (AvgIpc) is 3.21. The van der Waals surface area contributed by atoms with Gasteiger partial charge in [-0.25, -0.2) is 0 Å². The van der Waals surface area contributed by atoms with Crippen molar-refractivity contribution in [2.75, 3.05) is 20.3 Å². The number of ether oxygens (including phenoxy) is 2. The smallest absolute Gasteiger partial charge is 0.278 e. The quantitative estimate of drug-likeness (QED) is 0.317. The zero-order chi connectivity index (χ0) is 23.5. The molecule has 2 N–H and O–H groups in total. The second-order valence-corrected chi connectivity index (χ2v) is 8.72. The molecule has 0 aliphatic carbocycles. The van der Waals surface area contributed by atoms with Crippen LogP contribution in [0.1, 0.15) is 41.2 Å². The number of rotatable bonds is 6. The molecule has 1 amide bonds. The fourth-order valence-corrected chi connectivity index (χ4v) is 4.82. The molecule has 4 aromatic rings. The van der Waals surface area contributed by atoms with E-state index in [9.17, 15) is 4.79 Å². The lowest BCUT2D eigenvalue weighted by molar-refractivity contribution is 0.0717. The second kappa shape index (κ2) is 9.69. The molecule has 1 aliphatic rings. The lowest BCUT2D eigenvalue weighted by atomic mass is 10.1. The minimum absolute atomic E-state index is 0.311. The summed E-state index contributed by atoms with van der Waals surface area (Å²) in [6, 6.07) is 22.4. The van der Waals surface area contributed by atoms with Gasteiger partial charge in [-0.3, -0.25) is 4.79 Å². The van der Waals surface area contributed by atoms with E-state index < -0.39 is 0 Å². The summed E-state index contributed by atoms with van der Waals surface area (Å²) in [6.07, 6.45) is 3.11. The van der Waals surface area contributed by atoms with Crippen LogP contribution in [0.15, 0.2) is 71.7 Å². The number of fused-ring (bicyclic) bond motifs is 3. The van der Waals surface area contributed by atoms with Crippen LogP contribution in [0.25, 0.3) is 21.8 Å². The van der Waals surface area contributed by atoms with E-state index in [2.05, 4.69) is 33.8 Å². The van der Waals surface area contributed by atoms with Crippen molar-refractivity contribution in [3.05, 3.63) is 77.9 Å². The van der Waals surface area contributed by atoms with Gasteiger partial charge in [0, 0.05) is 47.5 Å². The molecule has 0 spiro atoms. The monoisotopic (exact) mass is 455 g/mol. The van der Waals surface area contributed by atoms with Crippen LogP contribution in [0.4, 0.5) is 0 Å². The molecule has 2 heterocycles. The Morgan fingerprint density at radius 2 is 1.82 bits per heavy atom. The largest absolute Gasteiger partial charge is 0.497 e. The average molecular weight is 456 g/mol. The molecule has 174 valence electrons. The van der Waals surface area contributed by atoms with E-state index in [0.717, 1.165) is 48.3 Å².